The number of nitrogens with one attached hydrogen (secondary N) is 1. The molecule has 13 heavy (non-hydrogen) atoms. The molecule has 0 aliphatic heterocycles. The maximum Gasteiger partial charge on any atom is 0.0693 e. The van der Waals surface area contributed by atoms with Gasteiger partial charge in [0.05, 0.1) is 6.10 Å². The number of hydrogen-bond donors (Lipinski definition) is 1. The van der Waals surface area contributed by atoms with Crippen molar-refractivity contribution in [2.45, 2.75) is 32.9 Å². The van der Waals surface area contributed by atoms with Crippen LogP contribution in [-0.2, 0) is 15.5 Å². The van der Waals surface area contributed by atoms with Crippen molar-refractivity contribution in [1.29, 1.82) is 0 Å². The quantitative estimate of drug-likeness (QED) is 0.670. The zero-order chi connectivity index (χ0) is 10.3. The molecule has 0 aromatic rings. The molecule has 0 amide bonds. The number of methoxy groups -OCH3 is 1. The zero-order valence-electron chi connectivity index (χ0n) is 9.00. The van der Waals surface area contributed by atoms with Gasteiger partial charge in [0.1, 0.15) is 0 Å². The number of ether oxygens (including phenoxy) is 1. The minimum atomic E-state index is -0.662. The summed E-state index contributed by atoms with van der Waals surface area (Å²) in [4.78, 5) is 0. The van der Waals surface area contributed by atoms with E-state index in [9.17, 15) is 4.21 Å². The average molecular weight is 207 g/mol. The molecule has 0 spiro atoms. The van der Waals surface area contributed by atoms with Crippen LogP contribution in [0, 0.1) is 0 Å². The first-order chi connectivity index (χ1) is 6.11. The fraction of sp³-hybridized carbons (Fsp3) is 1.00. The molecule has 3 atom stereocenters. The van der Waals surface area contributed by atoms with Crippen LogP contribution in [0.5, 0.6) is 0 Å². The predicted molar refractivity (Wildman–Crippen MR) is 57.5 cm³/mol. The van der Waals surface area contributed by atoms with Crippen molar-refractivity contribution in [3.63, 3.8) is 0 Å². The van der Waals surface area contributed by atoms with Crippen molar-refractivity contribution in [2.75, 3.05) is 25.2 Å². The summed E-state index contributed by atoms with van der Waals surface area (Å²) in [6.07, 6.45) is 0.204. The van der Waals surface area contributed by atoms with Crippen LogP contribution in [0.2, 0.25) is 0 Å². The lowest BCUT2D eigenvalue weighted by Gasteiger charge is -2.19. The molecule has 0 aromatic heterocycles. The highest BCUT2D eigenvalue weighted by molar-refractivity contribution is 7.84. The van der Waals surface area contributed by atoms with Crippen LogP contribution in [0.3, 0.4) is 0 Å². The van der Waals surface area contributed by atoms with Crippen LogP contribution < -0.4 is 5.32 Å². The molecule has 3 unspecified atom stereocenters. The molecule has 0 saturated carbocycles. The summed E-state index contributed by atoms with van der Waals surface area (Å²) < 4.78 is 16.2. The highest BCUT2D eigenvalue weighted by atomic mass is 32.2. The lowest BCUT2D eigenvalue weighted by molar-refractivity contribution is 0.0895. The zero-order valence-corrected chi connectivity index (χ0v) is 9.82. The number of rotatable bonds is 7. The lowest BCUT2D eigenvalue weighted by atomic mass is 10.2. The number of hydrogen-bond acceptors (Lipinski definition) is 3. The van der Waals surface area contributed by atoms with E-state index in [1.807, 2.05) is 13.8 Å². The second kappa shape index (κ2) is 7.47. The fourth-order valence-electron chi connectivity index (χ4n) is 0.915. The smallest absolute Gasteiger partial charge is 0.0693 e. The van der Waals surface area contributed by atoms with Gasteiger partial charge in [0, 0.05) is 42.0 Å². The first-order valence-electron chi connectivity index (χ1n) is 4.73. The van der Waals surface area contributed by atoms with Gasteiger partial charge in [0.15, 0.2) is 0 Å². The molecule has 0 aliphatic carbocycles. The third-order valence-electron chi connectivity index (χ3n) is 2.19. The van der Waals surface area contributed by atoms with Crippen LogP contribution in [-0.4, -0.2) is 41.5 Å². The van der Waals surface area contributed by atoms with E-state index < -0.39 is 10.8 Å². The van der Waals surface area contributed by atoms with Crippen LogP contribution in [0.15, 0.2) is 0 Å². The molecule has 0 saturated heterocycles. The Labute approximate surface area is 83.7 Å². The summed E-state index contributed by atoms with van der Waals surface area (Å²) in [6, 6.07) is 0.318. The van der Waals surface area contributed by atoms with Crippen LogP contribution in [0.4, 0.5) is 0 Å². The Morgan fingerprint density at radius 3 is 2.54 bits per heavy atom. The molecule has 3 nitrogen and oxygen atoms in total. The monoisotopic (exact) mass is 207 g/mol. The Bertz CT molecular complexity index is 153. The Balaban J connectivity index is 3.47. The highest BCUT2D eigenvalue weighted by Crippen LogP contribution is 1.95. The normalized spacial score (nSPS) is 18.2. The summed E-state index contributed by atoms with van der Waals surface area (Å²) >= 11 is 0. The van der Waals surface area contributed by atoms with Gasteiger partial charge in [-0.15, -0.1) is 0 Å². The van der Waals surface area contributed by atoms with E-state index in [0.29, 0.717) is 6.04 Å². The lowest BCUT2D eigenvalue weighted by Crippen LogP contribution is -2.38. The first kappa shape index (κ1) is 13.1. The van der Waals surface area contributed by atoms with E-state index in [-0.39, 0.29) is 6.10 Å². The summed E-state index contributed by atoms with van der Waals surface area (Å²) in [5, 5.41) is 3.28. The van der Waals surface area contributed by atoms with Gasteiger partial charge in [0.25, 0.3) is 0 Å². The Hall–Kier alpha value is 0.0700. The van der Waals surface area contributed by atoms with E-state index in [0.717, 1.165) is 18.1 Å². The molecule has 0 radical (unpaired) electrons. The van der Waals surface area contributed by atoms with Crippen molar-refractivity contribution < 1.29 is 8.95 Å². The van der Waals surface area contributed by atoms with E-state index in [4.69, 9.17) is 4.74 Å². The first-order valence-corrected chi connectivity index (χ1v) is 6.21. The molecule has 1 N–H and O–H groups in total. The minimum Gasteiger partial charge on any atom is -0.380 e. The van der Waals surface area contributed by atoms with E-state index >= 15 is 0 Å². The molecule has 0 aromatic carbocycles. The van der Waals surface area contributed by atoms with Gasteiger partial charge in [-0.1, -0.05) is 6.92 Å². The molecule has 0 rings (SSSR count). The molecule has 0 aliphatic rings. The molecular formula is C9H21NO2S. The second-order valence-corrected chi connectivity index (χ2v) is 4.98. The summed E-state index contributed by atoms with van der Waals surface area (Å²) in [6.45, 7) is 6.84. The highest BCUT2D eigenvalue weighted by Gasteiger charge is 2.09. The van der Waals surface area contributed by atoms with Crippen LogP contribution in [0.25, 0.3) is 0 Å². The summed E-state index contributed by atoms with van der Waals surface area (Å²) in [5.41, 5.74) is 0. The van der Waals surface area contributed by atoms with Crippen molar-refractivity contribution in [3.05, 3.63) is 0 Å². The molecule has 4 heteroatoms. The SMILES string of the molecule is CCS(=O)CCNC(C)C(C)OC. The third kappa shape index (κ3) is 6.18. The largest absolute Gasteiger partial charge is 0.380 e. The predicted octanol–water partition coefficient (Wildman–Crippen LogP) is 0.768. The van der Waals surface area contributed by atoms with Gasteiger partial charge in [-0.25, -0.2) is 0 Å². The maximum atomic E-state index is 11.1. The molecule has 80 valence electrons. The van der Waals surface area contributed by atoms with Crippen LogP contribution in [0.1, 0.15) is 20.8 Å². The fourth-order valence-corrected chi connectivity index (χ4v) is 1.55. The standard InChI is InChI=1S/C9H21NO2S/c1-5-13(11)7-6-10-8(2)9(3)12-4/h8-10H,5-7H2,1-4H3. The van der Waals surface area contributed by atoms with Gasteiger partial charge >= 0.3 is 0 Å². The minimum absolute atomic E-state index is 0.204. The molecule has 0 bridgehead atoms. The second-order valence-electron chi connectivity index (χ2n) is 3.12. The van der Waals surface area contributed by atoms with Crippen molar-refractivity contribution in [1.82, 2.24) is 5.32 Å². The van der Waals surface area contributed by atoms with E-state index in [1.54, 1.807) is 7.11 Å². The van der Waals surface area contributed by atoms with Gasteiger partial charge in [0.2, 0.25) is 0 Å². The van der Waals surface area contributed by atoms with Gasteiger partial charge < -0.3 is 10.1 Å². The van der Waals surface area contributed by atoms with Crippen molar-refractivity contribution >= 4 is 10.8 Å². The Morgan fingerprint density at radius 1 is 1.46 bits per heavy atom. The van der Waals surface area contributed by atoms with E-state index in [2.05, 4.69) is 12.2 Å². The van der Waals surface area contributed by atoms with E-state index in [1.165, 1.54) is 0 Å². The summed E-state index contributed by atoms with van der Waals surface area (Å²) in [5.74, 6) is 1.48. The topological polar surface area (TPSA) is 38.3 Å². The van der Waals surface area contributed by atoms with Crippen molar-refractivity contribution in [3.8, 4) is 0 Å². The van der Waals surface area contributed by atoms with Gasteiger partial charge in [-0.05, 0) is 13.8 Å². The van der Waals surface area contributed by atoms with Gasteiger partial charge in [-0.2, -0.15) is 0 Å². The van der Waals surface area contributed by atoms with Crippen LogP contribution >= 0.6 is 0 Å². The molecular weight excluding hydrogens is 186 g/mol. The maximum absolute atomic E-state index is 11.1. The Morgan fingerprint density at radius 2 is 2.08 bits per heavy atom. The molecule has 0 heterocycles. The average Bonchev–Trinajstić information content (AvgIpc) is 2.15. The van der Waals surface area contributed by atoms with Gasteiger partial charge in [-0.3, -0.25) is 4.21 Å². The summed E-state index contributed by atoms with van der Waals surface area (Å²) in [7, 11) is 1.04. The third-order valence-corrected chi connectivity index (χ3v) is 3.50. The Kier molecular flexibility index (Phi) is 7.51. The molecule has 0 fully saturated rings. The van der Waals surface area contributed by atoms with Crippen molar-refractivity contribution in [2.24, 2.45) is 0 Å².